The maximum atomic E-state index is 10.5. The summed E-state index contributed by atoms with van der Waals surface area (Å²) >= 11 is 0. The van der Waals surface area contributed by atoms with Crippen LogP contribution in [-0.4, -0.2) is 23.1 Å². The van der Waals surface area contributed by atoms with E-state index in [1.807, 2.05) is 6.92 Å². The maximum Gasteiger partial charge on any atom is 0.306 e. The van der Waals surface area contributed by atoms with E-state index in [1.54, 1.807) is 6.08 Å². The first-order valence-corrected chi connectivity index (χ1v) is 5.58. The van der Waals surface area contributed by atoms with Crippen LogP contribution in [0.2, 0.25) is 0 Å². The monoisotopic (exact) mass is 228 g/mol. The van der Waals surface area contributed by atoms with Gasteiger partial charge in [-0.05, 0) is 32.6 Å². The van der Waals surface area contributed by atoms with Crippen LogP contribution in [0.1, 0.15) is 45.4 Å². The molecule has 0 aromatic rings. The molecule has 1 rings (SSSR count). The first-order chi connectivity index (χ1) is 7.56. The third-order valence-electron chi connectivity index (χ3n) is 2.12. The predicted octanol–water partition coefficient (Wildman–Crippen LogP) is 2.53. The lowest BCUT2D eigenvalue weighted by Crippen LogP contribution is -2.19. The van der Waals surface area contributed by atoms with Gasteiger partial charge < -0.3 is 9.84 Å². The van der Waals surface area contributed by atoms with E-state index >= 15 is 0 Å². The molecule has 1 N–H and O–H groups in total. The van der Waals surface area contributed by atoms with Crippen molar-refractivity contribution in [2.75, 3.05) is 0 Å². The minimum atomic E-state index is -0.730. The Balaban J connectivity index is 0.000000281. The van der Waals surface area contributed by atoms with Gasteiger partial charge in [0.05, 0.1) is 6.10 Å². The van der Waals surface area contributed by atoms with Crippen molar-refractivity contribution < 1.29 is 19.4 Å². The van der Waals surface area contributed by atoms with Crippen LogP contribution in [-0.2, 0) is 14.3 Å². The molecule has 16 heavy (non-hydrogen) atoms. The van der Waals surface area contributed by atoms with Gasteiger partial charge in [0.2, 0.25) is 0 Å². The molecule has 1 saturated heterocycles. The number of cyclic esters (lactones) is 1. The third kappa shape index (κ3) is 9.24. The van der Waals surface area contributed by atoms with E-state index < -0.39 is 5.97 Å². The number of carboxylic acid groups (broad SMARTS) is 1. The molecular weight excluding hydrogens is 208 g/mol. The fourth-order valence-corrected chi connectivity index (χ4v) is 1.27. The summed E-state index contributed by atoms with van der Waals surface area (Å²) < 4.78 is 4.85. The number of carbonyl (C=O) groups excluding carboxylic acids is 1. The van der Waals surface area contributed by atoms with Crippen LogP contribution in [0.15, 0.2) is 12.7 Å². The summed E-state index contributed by atoms with van der Waals surface area (Å²) in [5, 5.41) is 8.11. The lowest BCUT2D eigenvalue weighted by atomic mass is 10.1. The molecule has 4 nitrogen and oxygen atoms in total. The van der Waals surface area contributed by atoms with Crippen molar-refractivity contribution in [2.24, 2.45) is 0 Å². The van der Waals surface area contributed by atoms with Crippen molar-refractivity contribution in [2.45, 2.75) is 51.6 Å². The van der Waals surface area contributed by atoms with Crippen LogP contribution in [0.3, 0.4) is 0 Å². The highest BCUT2D eigenvalue weighted by Crippen LogP contribution is 2.12. The summed E-state index contributed by atoms with van der Waals surface area (Å²) in [6.07, 6.45) is 6.30. The van der Waals surface area contributed by atoms with Crippen molar-refractivity contribution >= 4 is 11.9 Å². The number of unbranched alkanes of at least 4 members (excludes halogenated alkanes) is 1. The number of carboxylic acids is 1. The van der Waals surface area contributed by atoms with Gasteiger partial charge in [-0.1, -0.05) is 6.08 Å². The largest absolute Gasteiger partial charge is 0.481 e. The summed E-state index contributed by atoms with van der Waals surface area (Å²) in [5.74, 6) is -0.768. The predicted molar refractivity (Wildman–Crippen MR) is 61.1 cm³/mol. The van der Waals surface area contributed by atoms with Crippen LogP contribution >= 0.6 is 0 Å². The molecule has 0 saturated carbocycles. The SMILES string of the molecule is C=CCCCC(=O)O.CC1CCCC(=O)O1. The number of carbonyl (C=O) groups is 2. The van der Waals surface area contributed by atoms with Gasteiger partial charge in [0.25, 0.3) is 0 Å². The molecule has 0 aromatic carbocycles. The Kier molecular flexibility index (Phi) is 8.21. The highest BCUT2D eigenvalue weighted by atomic mass is 16.5. The third-order valence-corrected chi connectivity index (χ3v) is 2.12. The highest BCUT2D eigenvalue weighted by molar-refractivity contribution is 5.70. The van der Waals surface area contributed by atoms with Gasteiger partial charge in [0.15, 0.2) is 0 Å². The molecule has 1 aliphatic rings. The normalized spacial score (nSPS) is 19.1. The minimum absolute atomic E-state index is 0.0382. The number of aliphatic carboxylic acids is 1. The van der Waals surface area contributed by atoms with Crippen LogP contribution in [0.4, 0.5) is 0 Å². The summed E-state index contributed by atoms with van der Waals surface area (Å²) in [7, 11) is 0. The number of allylic oxidation sites excluding steroid dienone is 1. The maximum absolute atomic E-state index is 10.5. The molecular formula is C12H20O4. The number of rotatable bonds is 4. The molecule has 92 valence electrons. The lowest BCUT2D eigenvalue weighted by molar-refractivity contribution is -0.152. The van der Waals surface area contributed by atoms with E-state index in [0.29, 0.717) is 12.8 Å². The first-order valence-electron chi connectivity index (χ1n) is 5.58. The Morgan fingerprint density at radius 2 is 2.38 bits per heavy atom. The van der Waals surface area contributed by atoms with Gasteiger partial charge in [0, 0.05) is 12.8 Å². The molecule has 0 bridgehead atoms. The summed E-state index contributed by atoms with van der Waals surface area (Å²) in [6, 6.07) is 0. The second-order valence-corrected chi connectivity index (χ2v) is 3.77. The second-order valence-electron chi connectivity index (χ2n) is 3.77. The van der Waals surface area contributed by atoms with Gasteiger partial charge in [-0.25, -0.2) is 0 Å². The zero-order chi connectivity index (χ0) is 12.4. The number of esters is 1. The van der Waals surface area contributed by atoms with E-state index in [-0.39, 0.29) is 18.5 Å². The fourth-order valence-electron chi connectivity index (χ4n) is 1.27. The molecule has 1 fully saturated rings. The average molecular weight is 228 g/mol. The Morgan fingerprint density at radius 1 is 1.69 bits per heavy atom. The van der Waals surface area contributed by atoms with Crippen molar-refractivity contribution in [1.29, 1.82) is 0 Å². The molecule has 1 unspecified atom stereocenters. The molecule has 0 aliphatic carbocycles. The number of hydrogen-bond donors (Lipinski definition) is 1. The van der Waals surface area contributed by atoms with Crippen molar-refractivity contribution in [3.8, 4) is 0 Å². The Labute approximate surface area is 96.3 Å². The molecule has 1 heterocycles. The average Bonchev–Trinajstić information content (AvgIpc) is 2.18. The molecule has 0 aromatic heterocycles. The van der Waals surface area contributed by atoms with Crippen molar-refractivity contribution in [3.63, 3.8) is 0 Å². The molecule has 1 aliphatic heterocycles. The Morgan fingerprint density at radius 3 is 2.75 bits per heavy atom. The van der Waals surface area contributed by atoms with Gasteiger partial charge >= 0.3 is 11.9 Å². The summed E-state index contributed by atoms with van der Waals surface area (Å²) in [4.78, 5) is 20.3. The highest BCUT2D eigenvalue weighted by Gasteiger charge is 2.14. The van der Waals surface area contributed by atoms with Crippen LogP contribution in [0, 0.1) is 0 Å². The molecule has 1 atom stereocenters. The van der Waals surface area contributed by atoms with Crippen LogP contribution < -0.4 is 0 Å². The van der Waals surface area contributed by atoms with Crippen molar-refractivity contribution in [3.05, 3.63) is 12.7 Å². The molecule has 0 spiro atoms. The van der Waals surface area contributed by atoms with E-state index in [1.165, 1.54) is 0 Å². The van der Waals surface area contributed by atoms with E-state index in [9.17, 15) is 9.59 Å². The molecule has 0 radical (unpaired) electrons. The van der Waals surface area contributed by atoms with E-state index in [2.05, 4.69) is 6.58 Å². The zero-order valence-corrected chi connectivity index (χ0v) is 9.78. The summed E-state index contributed by atoms with van der Waals surface area (Å²) in [6.45, 7) is 5.39. The number of ether oxygens (including phenoxy) is 1. The quantitative estimate of drug-likeness (QED) is 0.456. The van der Waals surface area contributed by atoms with Gasteiger partial charge in [-0.2, -0.15) is 0 Å². The van der Waals surface area contributed by atoms with Crippen LogP contribution in [0.25, 0.3) is 0 Å². The summed E-state index contributed by atoms with van der Waals surface area (Å²) in [5.41, 5.74) is 0. The Bertz CT molecular complexity index is 235. The molecule has 0 amide bonds. The van der Waals surface area contributed by atoms with Gasteiger partial charge in [0.1, 0.15) is 0 Å². The van der Waals surface area contributed by atoms with Crippen molar-refractivity contribution in [1.82, 2.24) is 0 Å². The lowest BCUT2D eigenvalue weighted by Gasteiger charge is -2.17. The second kappa shape index (κ2) is 8.95. The van der Waals surface area contributed by atoms with Gasteiger partial charge in [-0.3, -0.25) is 9.59 Å². The smallest absolute Gasteiger partial charge is 0.306 e. The van der Waals surface area contributed by atoms with E-state index in [0.717, 1.165) is 19.3 Å². The first kappa shape index (κ1) is 14.7. The Hall–Kier alpha value is -1.32. The molecule has 4 heteroatoms. The zero-order valence-electron chi connectivity index (χ0n) is 9.78. The topological polar surface area (TPSA) is 63.6 Å². The minimum Gasteiger partial charge on any atom is -0.481 e. The number of hydrogen-bond acceptors (Lipinski definition) is 3. The standard InChI is InChI=1S/2C6H10O2/c1-5-3-2-4-6(7)8-5;1-2-3-4-5-6(7)8/h5H,2-4H2,1H3;2H,1,3-5H2,(H,7,8). The van der Waals surface area contributed by atoms with Crippen LogP contribution in [0.5, 0.6) is 0 Å². The fraction of sp³-hybridized carbons (Fsp3) is 0.667. The van der Waals surface area contributed by atoms with Gasteiger partial charge in [-0.15, -0.1) is 6.58 Å². The van der Waals surface area contributed by atoms with E-state index in [4.69, 9.17) is 9.84 Å².